The van der Waals surface area contributed by atoms with Gasteiger partial charge in [-0.25, -0.2) is 0 Å². The lowest BCUT2D eigenvalue weighted by atomic mass is 10.0. The minimum absolute atomic E-state index is 0.0406. The van der Waals surface area contributed by atoms with Gasteiger partial charge in [0.05, 0.1) is 16.2 Å². The van der Waals surface area contributed by atoms with Gasteiger partial charge >= 0.3 is 5.97 Å². The van der Waals surface area contributed by atoms with E-state index >= 15 is 0 Å². The van der Waals surface area contributed by atoms with E-state index in [0.29, 0.717) is 0 Å². The van der Waals surface area contributed by atoms with Crippen LogP contribution in [0.15, 0.2) is 15.9 Å². The molecule has 4 N–H and O–H groups in total. The molecule has 1 aromatic heterocycles. The molecule has 2 atom stereocenters. The molecule has 0 aliphatic carbocycles. The lowest BCUT2D eigenvalue weighted by Gasteiger charge is -2.20. The summed E-state index contributed by atoms with van der Waals surface area (Å²) in [4.78, 5) is 11.6. The summed E-state index contributed by atoms with van der Waals surface area (Å²) in [6.07, 6.45) is -0.0406. The second kappa shape index (κ2) is 5.60. The number of rotatable bonds is 5. The van der Waals surface area contributed by atoms with Crippen molar-refractivity contribution in [1.82, 2.24) is 5.32 Å². The number of nitrogens with one attached hydrogen (secondary N) is 1. The Morgan fingerprint density at radius 3 is 2.80 bits per heavy atom. The van der Waals surface area contributed by atoms with Crippen LogP contribution in [0.25, 0.3) is 0 Å². The number of likely N-dealkylation sites (N-methyl/N-ethyl adjacent to an activating group) is 1. The molecule has 1 rings (SSSR count). The maximum atomic E-state index is 10.6. The number of carboxylic acid groups (broad SMARTS) is 1. The Labute approximate surface area is 101 Å². The van der Waals surface area contributed by atoms with Crippen LogP contribution in [0.1, 0.15) is 17.3 Å². The second-order valence-electron chi connectivity index (χ2n) is 3.17. The molecule has 84 valence electrons. The van der Waals surface area contributed by atoms with E-state index in [4.69, 9.17) is 10.8 Å². The van der Waals surface area contributed by atoms with Gasteiger partial charge in [-0.3, -0.25) is 4.79 Å². The number of aliphatic carboxylic acids is 1. The van der Waals surface area contributed by atoms with Crippen LogP contribution in [0.4, 0.5) is 0 Å². The van der Waals surface area contributed by atoms with Crippen molar-refractivity contribution in [2.45, 2.75) is 18.5 Å². The Morgan fingerprint density at radius 2 is 2.40 bits per heavy atom. The number of carbonyl (C=O) groups is 1. The number of thiophene rings is 1. The van der Waals surface area contributed by atoms with Gasteiger partial charge in [0.2, 0.25) is 0 Å². The van der Waals surface area contributed by atoms with Crippen molar-refractivity contribution in [3.8, 4) is 0 Å². The van der Waals surface area contributed by atoms with Crippen molar-refractivity contribution in [3.05, 3.63) is 20.8 Å². The molecule has 1 heterocycles. The monoisotopic (exact) mass is 292 g/mol. The zero-order valence-electron chi connectivity index (χ0n) is 8.24. The molecule has 0 saturated heterocycles. The first-order valence-electron chi connectivity index (χ1n) is 4.44. The maximum Gasteiger partial charge on any atom is 0.304 e. The minimum Gasteiger partial charge on any atom is -0.481 e. The standard InChI is InChI=1S/C9H13BrN2O2S/c1-12-9(5(11)4-8(13)14)6-2-3-7(10)15-6/h2-3,5,9,12H,4,11H2,1H3,(H,13,14). The Kier molecular flexibility index (Phi) is 4.72. The van der Waals surface area contributed by atoms with Crippen molar-refractivity contribution in [2.75, 3.05) is 7.05 Å². The molecule has 0 fully saturated rings. The SMILES string of the molecule is CNC(c1ccc(Br)s1)C(N)CC(=O)O. The Balaban J connectivity index is 2.74. The highest BCUT2D eigenvalue weighted by Crippen LogP contribution is 2.29. The molecule has 0 radical (unpaired) electrons. The van der Waals surface area contributed by atoms with Crippen LogP contribution in [0.3, 0.4) is 0 Å². The fourth-order valence-electron chi connectivity index (χ4n) is 1.38. The Bertz CT molecular complexity index is 343. The van der Waals surface area contributed by atoms with Gasteiger partial charge in [0.1, 0.15) is 0 Å². The first kappa shape index (κ1) is 12.6. The van der Waals surface area contributed by atoms with E-state index in [9.17, 15) is 4.79 Å². The van der Waals surface area contributed by atoms with Gasteiger partial charge in [0.15, 0.2) is 0 Å². The molecule has 2 unspecified atom stereocenters. The number of nitrogens with two attached hydrogens (primary N) is 1. The van der Waals surface area contributed by atoms with Crippen molar-refractivity contribution >= 4 is 33.2 Å². The van der Waals surface area contributed by atoms with Gasteiger partial charge in [-0.05, 0) is 35.1 Å². The average Bonchev–Trinajstić information content (AvgIpc) is 2.51. The van der Waals surface area contributed by atoms with Crippen LogP contribution >= 0.6 is 27.3 Å². The first-order chi connectivity index (χ1) is 7.04. The van der Waals surface area contributed by atoms with Crippen molar-refractivity contribution in [1.29, 1.82) is 0 Å². The lowest BCUT2D eigenvalue weighted by Crippen LogP contribution is -2.37. The fourth-order valence-corrected chi connectivity index (χ4v) is 2.99. The van der Waals surface area contributed by atoms with E-state index in [1.54, 1.807) is 18.4 Å². The molecule has 1 aromatic rings. The van der Waals surface area contributed by atoms with Gasteiger partial charge in [-0.1, -0.05) is 0 Å². The van der Waals surface area contributed by atoms with Gasteiger partial charge in [-0.15, -0.1) is 11.3 Å². The van der Waals surface area contributed by atoms with Crippen LogP contribution in [0, 0.1) is 0 Å². The van der Waals surface area contributed by atoms with Crippen LogP contribution in [0.2, 0.25) is 0 Å². The predicted molar refractivity (Wildman–Crippen MR) is 64.0 cm³/mol. The van der Waals surface area contributed by atoms with Crippen LogP contribution in [-0.2, 0) is 4.79 Å². The summed E-state index contributed by atoms with van der Waals surface area (Å²) in [5.41, 5.74) is 5.82. The molecular weight excluding hydrogens is 280 g/mol. The largest absolute Gasteiger partial charge is 0.481 e. The van der Waals surface area contributed by atoms with Gasteiger partial charge in [0.25, 0.3) is 0 Å². The van der Waals surface area contributed by atoms with Crippen molar-refractivity contribution in [3.63, 3.8) is 0 Å². The maximum absolute atomic E-state index is 10.6. The molecule has 0 aliphatic rings. The summed E-state index contributed by atoms with van der Waals surface area (Å²) in [5.74, 6) is -0.877. The summed E-state index contributed by atoms with van der Waals surface area (Å²) >= 11 is 4.92. The summed E-state index contributed by atoms with van der Waals surface area (Å²) in [6, 6.07) is 3.34. The summed E-state index contributed by atoms with van der Waals surface area (Å²) in [6.45, 7) is 0. The fraction of sp³-hybridized carbons (Fsp3) is 0.444. The molecular formula is C9H13BrN2O2S. The van der Waals surface area contributed by atoms with Crippen LogP contribution in [-0.4, -0.2) is 24.2 Å². The van der Waals surface area contributed by atoms with E-state index in [-0.39, 0.29) is 12.5 Å². The zero-order valence-corrected chi connectivity index (χ0v) is 10.6. The van der Waals surface area contributed by atoms with Gasteiger partial charge in [0, 0.05) is 10.9 Å². The second-order valence-corrected chi connectivity index (χ2v) is 5.66. The van der Waals surface area contributed by atoms with Crippen molar-refractivity contribution in [2.24, 2.45) is 5.73 Å². The van der Waals surface area contributed by atoms with Crippen LogP contribution in [0.5, 0.6) is 0 Å². The number of hydrogen-bond acceptors (Lipinski definition) is 4. The molecule has 0 aliphatic heterocycles. The highest BCUT2D eigenvalue weighted by molar-refractivity contribution is 9.11. The highest BCUT2D eigenvalue weighted by Gasteiger charge is 2.21. The van der Waals surface area contributed by atoms with E-state index in [1.165, 1.54) is 0 Å². The normalized spacial score (nSPS) is 14.9. The van der Waals surface area contributed by atoms with Crippen molar-refractivity contribution < 1.29 is 9.90 Å². The Hall–Kier alpha value is -0.430. The summed E-state index contributed by atoms with van der Waals surface area (Å²) in [7, 11) is 1.78. The lowest BCUT2D eigenvalue weighted by molar-refractivity contribution is -0.137. The van der Waals surface area contributed by atoms with Gasteiger partial charge in [-0.2, -0.15) is 0 Å². The number of carboxylic acids is 1. The van der Waals surface area contributed by atoms with E-state index in [2.05, 4.69) is 21.2 Å². The summed E-state index contributed by atoms with van der Waals surface area (Å²) in [5, 5.41) is 11.7. The summed E-state index contributed by atoms with van der Waals surface area (Å²) < 4.78 is 1.01. The average molecular weight is 293 g/mol. The third-order valence-electron chi connectivity index (χ3n) is 2.05. The minimum atomic E-state index is -0.877. The quantitative estimate of drug-likeness (QED) is 0.770. The van der Waals surface area contributed by atoms with Gasteiger partial charge < -0.3 is 16.2 Å². The first-order valence-corrected chi connectivity index (χ1v) is 6.05. The third-order valence-corrected chi connectivity index (χ3v) is 3.76. The van der Waals surface area contributed by atoms with E-state index < -0.39 is 12.0 Å². The smallest absolute Gasteiger partial charge is 0.304 e. The molecule has 0 amide bonds. The number of hydrogen-bond donors (Lipinski definition) is 3. The molecule has 15 heavy (non-hydrogen) atoms. The molecule has 4 nitrogen and oxygen atoms in total. The Morgan fingerprint density at radius 1 is 1.73 bits per heavy atom. The molecule has 0 aromatic carbocycles. The predicted octanol–water partition coefficient (Wildman–Crippen LogP) is 1.57. The zero-order chi connectivity index (χ0) is 11.4. The molecule has 0 bridgehead atoms. The molecule has 0 spiro atoms. The topological polar surface area (TPSA) is 75.3 Å². The highest BCUT2D eigenvalue weighted by atomic mass is 79.9. The van der Waals surface area contributed by atoms with E-state index in [0.717, 1.165) is 8.66 Å². The third kappa shape index (κ3) is 3.57. The molecule has 6 heteroatoms. The van der Waals surface area contributed by atoms with Crippen LogP contribution < -0.4 is 11.1 Å². The molecule has 0 saturated carbocycles. The van der Waals surface area contributed by atoms with E-state index in [1.807, 2.05) is 12.1 Å². The number of halogens is 1.